The molecule has 0 radical (unpaired) electrons. The van der Waals surface area contributed by atoms with E-state index in [1.165, 1.54) is 11.1 Å². The summed E-state index contributed by atoms with van der Waals surface area (Å²) in [6.45, 7) is 13.8. The molecular formula is C23H36N4O2. The van der Waals surface area contributed by atoms with Crippen molar-refractivity contribution in [2.45, 2.75) is 59.9 Å². The van der Waals surface area contributed by atoms with E-state index in [2.05, 4.69) is 69.3 Å². The largest absolute Gasteiger partial charge is 0.493 e. The summed E-state index contributed by atoms with van der Waals surface area (Å²) in [5, 5.41) is 6.79. The molecule has 29 heavy (non-hydrogen) atoms. The van der Waals surface area contributed by atoms with Crippen LogP contribution in [0.15, 0.2) is 18.3 Å². The fraction of sp³-hybridized carbons (Fsp3) is 0.565. The highest BCUT2D eigenvalue weighted by Gasteiger charge is 2.17. The topological polar surface area (TPSA) is 68.3 Å². The smallest absolute Gasteiger partial charge is 0.224 e. The number of nitrogens with one attached hydrogen (secondary N) is 2. The molecule has 0 amide bonds. The second kappa shape index (κ2) is 10.3. The van der Waals surface area contributed by atoms with Gasteiger partial charge in [0.2, 0.25) is 5.95 Å². The Kier molecular flexibility index (Phi) is 8.11. The van der Waals surface area contributed by atoms with E-state index in [9.17, 15) is 0 Å². The molecule has 0 unspecified atom stereocenters. The molecule has 0 aliphatic heterocycles. The van der Waals surface area contributed by atoms with Crippen LogP contribution in [0.4, 0.5) is 11.8 Å². The first kappa shape index (κ1) is 22.8. The van der Waals surface area contributed by atoms with Crippen molar-refractivity contribution in [3.8, 4) is 11.5 Å². The van der Waals surface area contributed by atoms with Crippen molar-refractivity contribution in [2.75, 3.05) is 31.4 Å². The molecule has 0 aliphatic rings. The van der Waals surface area contributed by atoms with Crippen molar-refractivity contribution < 1.29 is 9.47 Å². The number of hydrogen-bond donors (Lipinski definition) is 2. The van der Waals surface area contributed by atoms with Gasteiger partial charge in [0.15, 0.2) is 11.5 Å². The van der Waals surface area contributed by atoms with Crippen molar-refractivity contribution in [2.24, 2.45) is 5.92 Å². The molecule has 0 fully saturated rings. The minimum atomic E-state index is 0.275. The lowest BCUT2D eigenvalue weighted by molar-refractivity contribution is 0.354. The Labute approximate surface area is 175 Å². The molecular weight excluding hydrogens is 364 g/mol. The molecule has 0 atom stereocenters. The highest BCUT2D eigenvalue weighted by atomic mass is 16.5. The molecule has 160 valence electrons. The van der Waals surface area contributed by atoms with E-state index in [1.54, 1.807) is 14.2 Å². The summed E-state index contributed by atoms with van der Waals surface area (Å²) in [6, 6.07) is 4.42. The first-order valence-corrected chi connectivity index (χ1v) is 10.4. The summed E-state index contributed by atoms with van der Waals surface area (Å²) < 4.78 is 11.0. The molecule has 6 heteroatoms. The molecule has 1 heterocycles. The van der Waals surface area contributed by atoms with Crippen LogP contribution in [0.25, 0.3) is 0 Å². The van der Waals surface area contributed by atoms with E-state index in [0.29, 0.717) is 17.8 Å². The SMILES string of the molecule is COc1cc(Cc2cnc(NC(C)C)nc2NCC(C)C)c(C(C)C)cc1OC. The Morgan fingerprint density at radius 2 is 1.59 bits per heavy atom. The van der Waals surface area contributed by atoms with Gasteiger partial charge in [-0.1, -0.05) is 27.7 Å². The number of hydrogen-bond acceptors (Lipinski definition) is 6. The van der Waals surface area contributed by atoms with Gasteiger partial charge in [-0.3, -0.25) is 0 Å². The number of ether oxygens (including phenoxy) is 2. The third-order valence-electron chi connectivity index (χ3n) is 4.61. The number of benzene rings is 1. The van der Waals surface area contributed by atoms with E-state index in [0.717, 1.165) is 35.8 Å². The summed E-state index contributed by atoms with van der Waals surface area (Å²) in [5.41, 5.74) is 3.49. The monoisotopic (exact) mass is 400 g/mol. The van der Waals surface area contributed by atoms with Crippen molar-refractivity contribution in [1.82, 2.24) is 9.97 Å². The van der Waals surface area contributed by atoms with Gasteiger partial charge >= 0.3 is 0 Å². The minimum absolute atomic E-state index is 0.275. The zero-order chi connectivity index (χ0) is 21.6. The average Bonchev–Trinajstić information content (AvgIpc) is 2.66. The third kappa shape index (κ3) is 6.24. The maximum atomic E-state index is 5.54. The maximum Gasteiger partial charge on any atom is 0.224 e. The van der Waals surface area contributed by atoms with E-state index < -0.39 is 0 Å². The Balaban J connectivity index is 2.45. The summed E-state index contributed by atoms with van der Waals surface area (Å²) in [5.74, 6) is 3.90. The lowest BCUT2D eigenvalue weighted by atomic mass is 9.92. The van der Waals surface area contributed by atoms with Crippen LogP contribution in [0.2, 0.25) is 0 Å². The summed E-state index contributed by atoms with van der Waals surface area (Å²) in [6.07, 6.45) is 2.64. The maximum absolute atomic E-state index is 5.54. The minimum Gasteiger partial charge on any atom is -0.493 e. The molecule has 0 bridgehead atoms. The van der Waals surface area contributed by atoms with Crippen LogP contribution in [-0.2, 0) is 6.42 Å². The van der Waals surface area contributed by atoms with Gasteiger partial charge in [-0.15, -0.1) is 0 Å². The number of nitrogens with zero attached hydrogens (tertiary/aromatic N) is 2. The van der Waals surface area contributed by atoms with Gasteiger partial charge in [-0.2, -0.15) is 4.98 Å². The van der Waals surface area contributed by atoms with Crippen molar-refractivity contribution >= 4 is 11.8 Å². The Morgan fingerprint density at radius 1 is 0.931 bits per heavy atom. The van der Waals surface area contributed by atoms with Crippen molar-refractivity contribution in [3.63, 3.8) is 0 Å². The molecule has 1 aromatic carbocycles. The Bertz CT molecular complexity index is 804. The van der Waals surface area contributed by atoms with Crippen LogP contribution in [0.3, 0.4) is 0 Å². The molecule has 2 rings (SSSR count). The second-order valence-electron chi connectivity index (χ2n) is 8.38. The van der Waals surface area contributed by atoms with Crippen LogP contribution in [0.5, 0.6) is 11.5 Å². The van der Waals surface area contributed by atoms with Crippen molar-refractivity contribution in [1.29, 1.82) is 0 Å². The third-order valence-corrected chi connectivity index (χ3v) is 4.61. The Hall–Kier alpha value is -2.50. The highest BCUT2D eigenvalue weighted by Crippen LogP contribution is 2.35. The fourth-order valence-corrected chi connectivity index (χ4v) is 3.15. The fourth-order valence-electron chi connectivity index (χ4n) is 3.15. The van der Waals surface area contributed by atoms with E-state index in [-0.39, 0.29) is 6.04 Å². The average molecular weight is 401 g/mol. The quantitative estimate of drug-likeness (QED) is 0.578. The molecule has 0 saturated carbocycles. The molecule has 2 N–H and O–H groups in total. The van der Waals surface area contributed by atoms with Gasteiger partial charge in [0.25, 0.3) is 0 Å². The summed E-state index contributed by atoms with van der Waals surface area (Å²) in [7, 11) is 3.34. The molecule has 6 nitrogen and oxygen atoms in total. The zero-order valence-electron chi connectivity index (χ0n) is 19.1. The normalized spacial score (nSPS) is 11.3. The van der Waals surface area contributed by atoms with Crippen molar-refractivity contribution in [3.05, 3.63) is 35.0 Å². The number of rotatable bonds is 10. The predicted octanol–water partition coefficient (Wildman–Crippen LogP) is 5.10. The van der Waals surface area contributed by atoms with Crippen LogP contribution >= 0.6 is 0 Å². The molecule has 0 aliphatic carbocycles. The van der Waals surface area contributed by atoms with Gasteiger partial charge in [-0.25, -0.2) is 4.98 Å². The number of aromatic nitrogens is 2. The first-order chi connectivity index (χ1) is 13.7. The van der Waals surface area contributed by atoms with Gasteiger partial charge in [0, 0.05) is 30.8 Å². The van der Waals surface area contributed by atoms with Gasteiger partial charge in [0.05, 0.1) is 14.2 Å². The molecule has 0 saturated heterocycles. The lowest BCUT2D eigenvalue weighted by Crippen LogP contribution is -2.16. The van der Waals surface area contributed by atoms with Crippen LogP contribution in [-0.4, -0.2) is 36.8 Å². The van der Waals surface area contributed by atoms with Gasteiger partial charge < -0.3 is 20.1 Å². The second-order valence-corrected chi connectivity index (χ2v) is 8.38. The standard InChI is InChI=1S/C23H36N4O2/c1-14(2)12-24-22-18(13-25-23(27-22)26-16(5)6)9-17-10-20(28-7)21(29-8)11-19(17)15(3)4/h10-11,13-16H,9,12H2,1-8H3,(H2,24,25,26,27). The van der Waals surface area contributed by atoms with Crippen LogP contribution in [0, 0.1) is 5.92 Å². The van der Waals surface area contributed by atoms with Gasteiger partial charge in [-0.05, 0) is 48.9 Å². The highest BCUT2D eigenvalue weighted by molar-refractivity contribution is 5.54. The molecule has 1 aromatic heterocycles. The molecule has 2 aromatic rings. The summed E-state index contributed by atoms with van der Waals surface area (Å²) in [4.78, 5) is 9.28. The zero-order valence-corrected chi connectivity index (χ0v) is 19.1. The van der Waals surface area contributed by atoms with E-state index in [1.807, 2.05) is 6.20 Å². The van der Waals surface area contributed by atoms with Gasteiger partial charge in [0.1, 0.15) is 5.82 Å². The predicted molar refractivity (Wildman–Crippen MR) is 121 cm³/mol. The van der Waals surface area contributed by atoms with Crippen LogP contribution < -0.4 is 20.1 Å². The Morgan fingerprint density at radius 3 is 2.14 bits per heavy atom. The number of anilines is 2. The van der Waals surface area contributed by atoms with E-state index in [4.69, 9.17) is 14.5 Å². The lowest BCUT2D eigenvalue weighted by Gasteiger charge is -2.19. The first-order valence-electron chi connectivity index (χ1n) is 10.4. The summed E-state index contributed by atoms with van der Waals surface area (Å²) >= 11 is 0. The number of methoxy groups -OCH3 is 2. The molecule has 0 spiro atoms. The van der Waals surface area contributed by atoms with Crippen LogP contribution in [0.1, 0.15) is 64.2 Å². The van der Waals surface area contributed by atoms with E-state index >= 15 is 0 Å².